The van der Waals surface area contributed by atoms with Crippen molar-refractivity contribution >= 4 is 29.3 Å². The average molecular weight is 367 g/mol. The van der Waals surface area contributed by atoms with Crippen molar-refractivity contribution in [3.05, 3.63) is 59.7 Å². The van der Waals surface area contributed by atoms with Gasteiger partial charge in [-0.15, -0.1) is 11.8 Å². The first kappa shape index (κ1) is 19.5. The normalized spacial score (nSPS) is 10.2. The Bertz CT molecular complexity index is 811. The molecule has 0 aliphatic heterocycles. The second-order valence-corrected chi connectivity index (χ2v) is 7.01. The lowest BCUT2D eigenvalue weighted by atomic mass is 10.1. The van der Waals surface area contributed by atoms with Crippen LogP contribution in [0.25, 0.3) is 0 Å². The molecule has 134 valence electrons. The summed E-state index contributed by atoms with van der Waals surface area (Å²) in [6, 6.07) is 16.6. The van der Waals surface area contributed by atoms with Crippen molar-refractivity contribution in [2.24, 2.45) is 0 Å². The molecule has 0 aliphatic rings. The summed E-state index contributed by atoms with van der Waals surface area (Å²) in [4.78, 5) is 25.2. The lowest BCUT2D eigenvalue weighted by Crippen LogP contribution is -2.31. The maximum absolute atomic E-state index is 12.6. The molecule has 0 spiro atoms. The molecule has 2 N–H and O–H groups in total. The highest BCUT2D eigenvalue weighted by Gasteiger charge is 2.13. The molecule has 26 heavy (non-hydrogen) atoms. The lowest BCUT2D eigenvalue weighted by molar-refractivity contribution is -0.119. The number of anilines is 1. The predicted octanol–water partition coefficient (Wildman–Crippen LogP) is 3.62. The van der Waals surface area contributed by atoms with Crippen molar-refractivity contribution < 1.29 is 9.59 Å². The van der Waals surface area contributed by atoms with E-state index in [0.29, 0.717) is 17.7 Å². The smallest absolute Gasteiger partial charge is 0.256 e. The van der Waals surface area contributed by atoms with Gasteiger partial charge in [0, 0.05) is 16.6 Å². The minimum Gasteiger partial charge on any atom is -0.353 e. The molecule has 0 atom stereocenters. The molecule has 2 rings (SSSR count). The summed E-state index contributed by atoms with van der Waals surface area (Å²) in [5, 5.41) is 14.4. The fourth-order valence-corrected chi connectivity index (χ4v) is 3.14. The van der Waals surface area contributed by atoms with Gasteiger partial charge in [-0.2, -0.15) is 5.26 Å². The molecule has 0 saturated heterocycles. The van der Waals surface area contributed by atoms with Gasteiger partial charge in [-0.3, -0.25) is 9.59 Å². The Balaban J connectivity index is 2.04. The Morgan fingerprint density at radius 1 is 1.12 bits per heavy atom. The van der Waals surface area contributed by atoms with E-state index in [4.69, 9.17) is 5.26 Å². The van der Waals surface area contributed by atoms with Gasteiger partial charge in [0.1, 0.15) is 0 Å². The second kappa shape index (κ2) is 9.64. The fraction of sp³-hybridized carbons (Fsp3) is 0.250. The van der Waals surface area contributed by atoms with Gasteiger partial charge in [0.15, 0.2) is 0 Å². The zero-order valence-corrected chi connectivity index (χ0v) is 15.6. The third-order valence-electron chi connectivity index (χ3n) is 3.44. The third-order valence-corrected chi connectivity index (χ3v) is 4.51. The SMILES string of the molecule is CC(C)NC(=O)CSc1ccccc1C(=O)Nc1ccc(CC#N)cc1. The van der Waals surface area contributed by atoms with Gasteiger partial charge in [0.25, 0.3) is 5.91 Å². The van der Waals surface area contributed by atoms with Crippen molar-refractivity contribution in [3.63, 3.8) is 0 Å². The molecular formula is C20H21N3O2S. The fourth-order valence-electron chi connectivity index (χ4n) is 2.28. The number of carbonyl (C=O) groups is 2. The van der Waals surface area contributed by atoms with Crippen molar-refractivity contribution in [2.75, 3.05) is 11.1 Å². The quantitative estimate of drug-likeness (QED) is 0.732. The van der Waals surface area contributed by atoms with Crippen LogP contribution in [-0.4, -0.2) is 23.6 Å². The molecule has 0 radical (unpaired) electrons. The Kier molecular flexibility index (Phi) is 7.24. The van der Waals surface area contributed by atoms with Crippen LogP contribution in [0.2, 0.25) is 0 Å². The van der Waals surface area contributed by atoms with Crippen LogP contribution in [0.1, 0.15) is 29.8 Å². The molecular weight excluding hydrogens is 346 g/mol. The van der Waals surface area contributed by atoms with Gasteiger partial charge in [-0.25, -0.2) is 0 Å². The van der Waals surface area contributed by atoms with Gasteiger partial charge >= 0.3 is 0 Å². The molecule has 2 aromatic carbocycles. The minimum atomic E-state index is -0.231. The zero-order valence-electron chi connectivity index (χ0n) is 14.8. The van der Waals surface area contributed by atoms with E-state index in [1.54, 1.807) is 24.3 Å². The van der Waals surface area contributed by atoms with Crippen molar-refractivity contribution in [2.45, 2.75) is 31.2 Å². The molecule has 0 bridgehead atoms. The third kappa shape index (κ3) is 5.94. The first-order valence-electron chi connectivity index (χ1n) is 8.28. The highest BCUT2D eigenvalue weighted by atomic mass is 32.2. The number of nitrogens with one attached hydrogen (secondary N) is 2. The van der Waals surface area contributed by atoms with E-state index in [1.807, 2.05) is 38.1 Å². The van der Waals surface area contributed by atoms with Gasteiger partial charge < -0.3 is 10.6 Å². The van der Waals surface area contributed by atoms with Crippen LogP contribution in [0.3, 0.4) is 0 Å². The molecule has 0 unspecified atom stereocenters. The molecule has 2 aromatic rings. The molecule has 0 heterocycles. The summed E-state index contributed by atoms with van der Waals surface area (Å²) in [6.07, 6.45) is 0.339. The van der Waals surface area contributed by atoms with Crippen LogP contribution in [-0.2, 0) is 11.2 Å². The maximum atomic E-state index is 12.6. The lowest BCUT2D eigenvalue weighted by Gasteiger charge is -2.11. The summed E-state index contributed by atoms with van der Waals surface area (Å²) in [5.41, 5.74) is 2.09. The van der Waals surface area contributed by atoms with E-state index < -0.39 is 0 Å². The molecule has 5 nitrogen and oxygen atoms in total. The number of nitrogens with zero attached hydrogens (tertiary/aromatic N) is 1. The molecule has 0 saturated carbocycles. The number of nitriles is 1. The maximum Gasteiger partial charge on any atom is 0.256 e. The Morgan fingerprint density at radius 3 is 2.46 bits per heavy atom. The summed E-state index contributed by atoms with van der Waals surface area (Å²) in [7, 11) is 0. The minimum absolute atomic E-state index is 0.0618. The zero-order chi connectivity index (χ0) is 18.9. The molecule has 0 aliphatic carbocycles. The number of hydrogen-bond donors (Lipinski definition) is 2. The molecule has 0 fully saturated rings. The largest absolute Gasteiger partial charge is 0.353 e. The van der Waals surface area contributed by atoms with Crippen LogP contribution >= 0.6 is 11.8 Å². The molecule has 2 amide bonds. The highest BCUT2D eigenvalue weighted by molar-refractivity contribution is 8.00. The highest BCUT2D eigenvalue weighted by Crippen LogP contribution is 2.23. The predicted molar refractivity (Wildman–Crippen MR) is 104 cm³/mol. The topological polar surface area (TPSA) is 82.0 Å². The Hall–Kier alpha value is -2.78. The number of benzene rings is 2. The van der Waals surface area contributed by atoms with Crippen LogP contribution in [0.5, 0.6) is 0 Å². The van der Waals surface area contributed by atoms with Gasteiger partial charge in [0.05, 0.1) is 23.8 Å². The van der Waals surface area contributed by atoms with E-state index in [-0.39, 0.29) is 23.6 Å². The van der Waals surface area contributed by atoms with Crippen molar-refractivity contribution in [1.82, 2.24) is 5.32 Å². The van der Waals surface area contributed by atoms with E-state index in [9.17, 15) is 9.59 Å². The molecule has 0 aromatic heterocycles. The number of thioether (sulfide) groups is 1. The van der Waals surface area contributed by atoms with E-state index in [2.05, 4.69) is 16.7 Å². The van der Waals surface area contributed by atoms with Crippen LogP contribution in [0, 0.1) is 11.3 Å². The van der Waals surface area contributed by atoms with Crippen molar-refractivity contribution in [3.8, 4) is 6.07 Å². The first-order chi connectivity index (χ1) is 12.5. The van der Waals surface area contributed by atoms with E-state index >= 15 is 0 Å². The van der Waals surface area contributed by atoms with Gasteiger partial charge in [0.2, 0.25) is 5.91 Å². The van der Waals surface area contributed by atoms with Crippen LogP contribution in [0.15, 0.2) is 53.4 Å². The average Bonchev–Trinajstić information content (AvgIpc) is 2.61. The Morgan fingerprint density at radius 2 is 1.81 bits per heavy atom. The number of hydrogen-bond acceptors (Lipinski definition) is 4. The first-order valence-corrected chi connectivity index (χ1v) is 9.26. The van der Waals surface area contributed by atoms with E-state index in [0.717, 1.165) is 10.5 Å². The Labute approximate surface area is 157 Å². The van der Waals surface area contributed by atoms with Crippen molar-refractivity contribution in [1.29, 1.82) is 5.26 Å². The standard InChI is InChI=1S/C20H21N3O2S/c1-14(2)22-19(24)13-26-18-6-4-3-5-17(18)20(25)23-16-9-7-15(8-10-16)11-12-21/h3-10,14H,11,13H2,1-2H3,(H,22,24)(H,23,25). The monoisotopic (exact) mass is 367 g/mol. The molecule has 6 heteroatoms. The number of carbonyl (C=O) groups excluding carboxylic acids is 2. The van der Waals surface area contributed by atoms with Gasteiger partial charge in [-0.05, 0) is 43.7 Å². The second-order valence-electron chi connectivity index (χ2n) is 5.99. The van der Waals surface area contributed by atoms with Crippen LogP contribution in [0.4, 0.5) is 5.69 Å². The van der Waals surface area contributed by atoms with E-state index in [1.165, 1.54) is 11.8 Å². The summed E-state index contributed by atoms with van der Waals surface area (Å²) in [5.74, 6) is -0.0376. The van der Waals surface area contributed by atoms with Crippen LogP contribution < -0.4 is 10.6 Å². The number of rotatable bonds is 7. The summed E-state index contributed by atoms with van der Waals surface area (Å²) < 4.78 is 0. The number of amides is 2. The summed E-state index contributed by atoms with van der Waals surface area (Å²) in [6.45, 7) is 3.82. The van der Waals surface area contributed by atoms with Gasteiger partial charge in [-0.1, -0.05) is 24.3 Å². The summed E-state index contributed by atoms with van der Waals surface area (Å²) >= 11 is 1.34.